The second-order valence-corrected chi connectivity index (χ2v) is 6.96. The molecule has 1 fully saturated rings. The van der Waals surface area contributed by atoms with Gasteiger partial charge in [-0.2, -0.15) is 13.2 Å². The highest BCUT2D eigenvalue weighted by Crippen LogP contribution is 2.34. The molecule has 0 aliphatic carbocycles. The Hall–Kier alpha value is -1.79. The van der Waals surface area contributed by atoms with E-state index in [4.69, 9.17) is 4.74 Å². The van der Waals surface area contributed by atoms with Gasteiger partial charge in [-0.15, -0.1) is 0 Å². The van der Waals surface area contributed by atoms with Crippen molar-refractivity contribution < 1.29 is 27.1 Å². The van der Waals surface area contributed by atoms with Gasteiger partial charge >= 0.3 is 12.3 Å². The largest absolute Gasteiger partial charge is 0.444 e. The minimum Gasteiger partial charge on any atom is -0.444 e. The molecule has 1 aliphatic rings. The van der Waals surface area contributed by atoms with E-state index in [-0.39, 0.29) is 6.54 Å². The lowest BCUT2D eigenvalue weighted by molar-refractivity contribution is -0.137. The van der Waals surface area contributed by atoms with E-state index < -0.39 is 35.5 Å². The van der Waals surface area contributed by atoms with Crippen molar-refractivity contribution in [3.63, 3.8) is 0 Å². The Morgan fingerprint density at radius 2 is 1.75 bits per heavy atom. The lowest BCUT2D eigenvalue weighted by atomic mass is 9.87. The summed E-state index contributed by atoms with van der Waals surface area (Å²) in [4.78, 5) is 13.3. The second-order valence-electron chi connectivity index (χ2n) is 6.96. The molecule has 0 radical (unpaired) electrons. The van der Waals surface area contributed by atoms with E-state index in [1.54, 1.807) is 20.8 Å². The maximum atomic E-state index is 14.4. The quantitative estimate of drug-likeness (QED) is 0.685. The number of ether oxygens (including phenoxy) is 1. The van der Waals surface area contributed by atoms with Crippen LogP contribution in [-0.4, -0.2) is 35.9 Å². The first-order chi connectivity index (χ1) is 11.0. The minimum absolute atomic E-state index is 0.124. The molecule has 1 aromatic rings. The van der Waals surface area contributed by atoms with Gasteiger partial charge in [0.05, 0.1) is 12.1 Å². The number of carbonyl (C=O) groups excluding carboxylic acids is 1. The molecule has 1 aliphatic heterocycles. The standard InChI is InChI=1S/C17H21F4NO2/c1-16(2,3)24-15(23)22-9-8-13(14(18)10-22)11-4-6-12(7-5-11)17(19,20)21/h4-7,13-14H,8-10H2,1-3H3. The lowest BCUT2D eigenvalue weighted by Gasteiger charge is -2.35. The maximum absolute atomic E-state index is 14.4. The van der Waals surface area contributed by atoms with Crippen LogP contribution in [0.2, 0.25) is 0 Å². The van der Waals surface area contributed by atoms with Gasteiger partial charge in [0.25, 0.3) is 0 Å². The number of amides is 1. The third-order valence-corrected chi connectivity index (χ3v) is 3.86. The smallest absolute Gasteiger partial charge is 0.416 e. The number of halogens is 4. The van der Waals surface area contributed by atoms with E-state index in [9.17, 15) is 22.4 Å². The van der Waals surface area contributed by atoms with Crippen LogP contribution in [0.1, 0.15) is 44.2 Å². The molecule has 0 N–H and O–H groups in total. The molecular weight excluding hydrogens is 326 g/mol. The van der Waals surface area contributed by atoms with E-state index in [0.717, 1.165) is 12.1 Å². The number of benzene rings is 1. The van der Waals surface area contributed by atoms with Crippen LogP contribution in [0.3, 0.4) is 0 Å². The van der Waals surface area contributed by atoms with Gasteiger partial charge in [0.2, 0.25) is 0 Å². The average Bonchev–Trinajstić information content (AvgIpc) is 2.44. The highest BCUT2D eigenvalue weighted by Gasteiger charge is 2.35. The Kier molecular flexibility index (Phi) is 5.11. The van der Waals surface area contributed by atoms with Crippen molar-refractivity contribution in [2.45, 2.75) is 51.1 Å². The number of nitrogens with zero attached hydrogens (tertiary/aromatic N) is 1. The summed E-state index contributed by atoms with van der Waals surface area (Å²) in [6, 6.07) is 4.54. The van der Waals surface area contributed by atoms with Crippen LogP contribution in [0.15, 0.2) is 24.3 Å². The molecule has 1 amide bonds. The van der Waals surface area contributed by atoms with Gasteiger partial charge in [-0.1, -0.05) is 12.1 Å². The Morgan fingerprint density at radius 1 is 1.17 bits per heavy atom. The topological polar surface area (TPSA) is 29.5 Å². The van der Waals surface area contributed by atoms with Gasteiger partial charge in [0.15, 0.2) is 0 Å². The molecule has 2 unspecified atom stereocenters. The third kappa shape index (κ3) is 4.61. The van der Waals surface area contributed by atoms with Crippen LogP contribution in [-0.2, 0) is 10.9 Å². The number of rotatable bonds is 1. The van der Waals surface area contributed by atoms with E-state index in [2.05, 4.69) is 0 Å². The zero-order valence-corrected chi connectivity index (χ0v) is 13.9. The molecule has 2 atom stereocenters. The Balaban J connectivity index is 2.02. The van der Waals surface area contributed by atoms with Crippen molar-refractivity contribution in [3.05, 3.63) is 35.4 Å². The molecule has 2 rings (SSSR count). The molecular formula is C17H21F4NO2. The van der Waals surface area contributed by atoms with Gasteiger partial charge in [-0.05, 0) is 44.9 Å². The highest BCUT2D eigenvalue weighted by atomic mass is 19.4. The van der Waals surface area contributed by atoms with Crippen LogP contribution in [0, 0.1) is 0 Å². The SMILES string of the molecule is CC(C)(C)OC(=O)N1CCC(c2ccc(C(F)(F)F)cc2)C(F)C1. The first-order valence-electron chi connectivity index (χ1n) is 7.76. The van der Waals surface area contributed by atoms with Crippen molar-refractivity contribution >= 4 is 6.09 Å². The zero-order chi connectivity index (χ0) is 18.1. The van der Waals surface area contributed by atoms with Crippen LogP contribution in [0.25, 0.3) is 0 Å². The van der Waals surface area contributed by atoms with E-state index in [0.29, 0.717) is 18.5 Å². The van der Waals surface area contributed by atoms with Crippen molar-refractivity contribution in [1.29, 1.82) is 0 Å². The predicted molar refractivity (Wildman–Crippen MR) is 81.5 cm³/mol. The molecule has 134 valence electrons. The first kappa shape index (κ1) is 18.5. The summed E-state index contributed by atoms with van der Waals surface area (Å²) in [6.07, 6.45) is -5.99. The number of carbonyl (C=O) groups is 1. The second kappa shape index (κ2) is 6.61. The summed E-state index contributed by atoms with van der Waals surface area (Å²) in [5.74, 6) is -0.522. The molecule has 1 aromatic carbocycles. The molecule has 0 saturated carbocycles. The van der Waals surface area contributed by atoms with Gasteiger partial charge in [-0.3, -0.25) is 0 Å². The number of likely N-dealkylation sites (tertiary alicyclic amines) is 1. The highest BCUT2D eigenvalue weighted by molar-refractivity contribution is 5.68. The van der Waals surface area contributed by atoms with E-state index in [1.807, 2.05) is 0 Å². The van der Waals surface area contributed by atoms with Gasteiger partial charge in [0.1, 0.15) is 11.8 Å². The first-order valence-corrected chi connectivity index (χ1v) is 7.76. The summed E-state index contributed by atoms with van der Waals surface area (Å²) < 4.78 is 57.4. The van der Waals surface area contributed by atoms with Crippen LogP contribution in [0.5, 0.6) is 0 Å². The molecule has 0 bridgehead atoms. The van der Waals surface area contributed by atoms with Crippen molar-refractivity contribution in [2.24, 2.45) is 0 Å². The van der Waals surface area contributed by atoms with Crippen molar-refractivity contribution in [2.75, 3.05) is 13.1 Å². The number of hydrogen-bond acceptors (Lipinski definition) is 2. The molecule has 7 heteroatoms. The average molecular weight is 347 g/mol. The molecule has 0 aromatic heterocycles. The monoisotopic (exact) mass is 347 g/mol. The van der Waals surface area contributed by atoms with Gasteiger partial charge in [0, 0.05) is 12.5 Å². The van der Waals surface area contributed by atoms with Crippen LogP contribution < -0.4 is 0 Å². The normalized spacial score (nSPS) is 22.4. The molecule has 1 saturated heterocycles. The molecule has 3 nitrogen and oxygen atoms in total. The summed E-state index contributed by atoms with van der Waals surface area (Å²) in [5.41, 5.74) is -0.903. The van der Waals surface area contributed by atoms with Crippen LogP contribution in [0.4, 0.5) is 22.4 Å². The van der Waals surface area contributed by atoms with E-state index >= 15 is 0 Å². The zero-order valence-electron chi connectivity index (χ0n) is 13.9. The number of hydrogen-bond donors (Lipinski definition) is 0. The fourth-order valence-electron chi connectivity index (χ4n) is 2.69. The van der Waals surface area contributed by atoms with Crippen LogP contribution >= 0.6 is 0 Å². The van der Waals surface area contributed by atoms with Gasteiger partial charge < -0.3 is 9.64 Å². The Morgan fingerprint density at radius 3 is 2.21 bits per heavy atom. The fourth-order valence-corrected chi connectivity index (χ4v) is 2.69. The summed E-state index contributed by atoms with van der Waals surface area (Å²) in [7, 11) is 0. The summed E-state index contributed by atoms with van der Waals surface area (Å²) in [5, 5.41) is 0. The maximum Gasteiger partial charge on any atom is 0.416 e. The van der Waals surface area contributed by atoms with E-state index in [1.165, 1.54) is 17.0 Å². The lowest BCUT2D eigenvalue weighted by Crippen LogP contribution is -2.46. The summed E-state index contributed by atoms with van der Waals surface area (Å²) in [6.45, 7) is 5.37. The number of alkyl halides is 4. The van der Waals surface area contributed by atoms with Crippen molar-refractivity contribution in [3.8, 4) is 0 Å². The molecule has 0 spiro atoms. The van der Waals surface area contributed by atoms with Crippen molar-refractivity contribution in [1.82, 2.24) is 4.90 Å². The third-order valence-electron chi connectivity index (χ3n) is 3.86. The predicted octanol–water partition coefficient (Wildman–Crippen LogP) is 4.77. The summed E-state index contributed by atoms with van der Waals surface area (Å²) >= 11 is 0. The fraction of sp³-hybridized carbons (Fsp3) is 0.588. The molecule has 1 heterocycles. The van der Waals surface area contributed by atoms with Gasteiger partial charge in [-0.25, -0.2) is 9.18 Å². The minimum atomic E-state index is -4.41. The number of piperidine rings is 1. The Labute approximate surface area is 138 Å². The Bertz CT molecular complexity index is 578. The molecule has 24 heavy (non-hydrogen) atoms.